The lowest BCUT2D eigenvalue weighted by Gasteiger charge is -2.07. The van der Waals surface area contributed by atoms with Crippen LogP contribution in [0.5, 0.6) is 0 Å². The summed E-state index contributed by atoms with van der Waals surface area (Å²) >= 11 is 0. The molecule has 0 aliphatic carbocycles. The average Bonchev–Trinajstić information content (AvgIpc) is 2.95. The zero-order valence-electron chi connectivity index (χ0n) is 15.6. The number of ketones is 1. The summed E-state index contributed by atoms with van der Waals surface area (Å²) in [6, 6.07) is 15.0. The van der Waals surface area contributed by atoms with E-state index in [4.69, 9.17) is 0 Å². The zero-order valence-corrected chi connectivity index (χ0v) is 16.4. The van der Waals surface area contributed by atoms with Gasteiger partial charge in [0.1, 0.15) is 0 Å². The summed E-state index contributed by atoms with van der Waals surface area (Å²) in [7, 11) is -3.42. The maximum atomic E-state index is 12.7. The van der Waals surface area contributed by atoms with Crippen LogP contribution in [0, 0.1) is 13.8 Å². The van der Waals surface area contributed by atoms with Gasteiger partial charge in [0.25, 0.3) is 11.7 Å². The molecule has 0 radical (unpaired) electrons. The van der Waals surface area contributed by atoms with E-state index < -0.39 is 21.5 Å². The Morgan fingerprint density at radius 1 is 1.00 bits per heavy atom. The fraction of sp³-hybridized carbons (Fsp3) is 0.150. The van der Waals surface area contributed by atoms with Gasteiger partial charge < -0.3 is 5.32 Å². The number of hydrogen-bond acceptors (Lipinski definition) is 5. The summed E-state index contributed by atoms with van der Waals surface area (Å²) in [6.45, 7) is 3.38. The van der Waals surface area contributed by atoms with Gasteiger partial charge in [0, 0.05) is 11.9 Å². The first-order chi connectivity index (χ1) is 13.2. The van der Waals surface area contributed by atoms with E-state index in [2.05, 4.69) is 10.4 Å². The monoisotopic (exact) mass is 397 g/mol. The number of sulfone groups is 1. The highest BCUT2D eigenvalue weighted by atomic mass is 32.2. The number of nitrogens with zero attached hydrogens (tertiary/aromatic N) is 2. The molecule has 0 aliphatic rings. The fourth-order valence-corrected chi connectivity index (χ4v) is 3.56. The molecule has 1 N–H and O–H groups in total. The third-order valence-corrected chi connectivity index (χ3v) is 5.36. The lowest BCUT2D eigenvalue weighted by Crippen LogP contribution is -2.24. The highest BCUT2D eigenvalue weighted by Crippen LogP contribution is 2.20. The molecule has 0 bridgehead atoms. The topological polar surface area (TPSA) is 98.1 Å². The molecule has 1 amide bonds. The molecular weight excluding hydrogens is 378 g/mol. The quantitative estimate of drug-likeness (QED) is 0.527. The molecule has 1 heterocycles. The van der Waals surface area contributed by atoms with Gasteiger partial charge in [0.2, 0.25) is 0 Å². The Hall–Kier alpha value is -3.26. The van der Waals surface area contributed by atoms with Crippen LogP contribution in [0.4, 0.5) is 5.69 Å². The van der Waals surface area contributed by atoms with Crippen molar-refractivity contribution in [3.05, 3.63) is 71.5 Å². The molecule has 0 unspecified atom stereocenters. The van der Waals surface area contributed by atoms with Crippen molar-refractivity contribution >= 4 is 27.2 Å². The Balaban J connectivity index is 1.89. The molecule has 0 saturated carbocycles. The number of nitrogens with one attached hydrogen (secondary N) is 1. The standard InChI is InChI=1S/C20H19N3O4S/c1-13-18(14(2)23(22-13)16-9-5-4-6-10-16)19(24)20(25)21-15-8-7-11-17(12-15)28(3,26)27/h4-12H,1-3H3,(H,21,25). The minimum atomic E-state index is -3.42. The van der Waals surface area contributed by atoms with E-state index in [0.717, 1.165) is 11.9 Å². The molecule has 0 atom stereocenters. The van der Waals surface area contributed by atoms with Crippen molar-refractivity contribution < 1.29 is 18.0 Å². The SMILES string of the molecule is Cc1nn(-c2ccccc2)c(C)c1C(=O)C(=O)Nc1cccc(S(C)(=O)=O)c1. The van der Waals surface area contributed by atoms with Crippen LogP contribution in [-0.4, -0.2) is 36.1 Å². The predicted octanol–water partition coefficient (Wildman–Crippen LogP) is 2.71. The van der Waals surface area contributed by atoms with E-state index >= 15 is 0 Å². The number of aromatic nitrogens is 2. The molecule has 3 aromatic rings. The summed E-state index contributed by atoms with van der Waals surface area (Å²) in [5.74, 6) is -1.59. The second-order valence-corrected chi connectivity index (χ2v) is 8.39. The first kappa shape index (κ1) is 19.5. The predicted molar refractivity (Wildman–Crippen MR) is 106 cm³/mol. The number of para-hydroxylation sites is 1. The number of rotatable bonds is 5. The fourth-order valence-electron chi connectivity index (χ4n) is 2.90. The molecule has 2 aromatic carbocycles. The van der Waals surface area contributed by atoms with Crippen LogP contribution in [0.25, 0.3) is 5.69 Å². The van der Waals surface area contributed by atoms with Crippen LogP contribution in [0.2, 0.25) is 0 Å². The van der Waals surface area contributed by atoms with Crippen molar-refractivity contribution in [3.8, 4) is 5.69 Å². The number of amides is 1. The molecule has 1 aromatic heterocycles. The van der Waals surface area contributed by atoms with Crippen molar-refractivity contribution in [2.75, 3.05) is 11.6 Å². The van der Waals surface area contributed by atoms with Crippen LogP contribution in [0.15, 0.2) is 59.5 Å². The number of benzene rings is 2. The van der Waals surface area contributed by atoms with Crippen LogP contribution < -0.4 is 5.32 Å². The molecule has 8 heteroatoms. The number of anilines is 1. The van der Waals surface area contributed by atoms with Gasteiger partial charge in [0.05, 0.1) is 27.5 Å². The molecule has 7 nitrogen and oxygen atoms in total. The summed E-state index contributed by atoms with van der Waals surface area (Å²) in [6.07, 6.45) is 1.07. The zero-order chi connectivity index (χ0) is 20.5. The second kappa shape index (κ2) is 7.40. The first-order valence-electron chi connectivity index (χ1n) is 8.46. The van der Waals surface area contributed by atoms with Gasteiger partial charge in [-0.15, -0.1) is 0 Å². The van der Waals surface area contributed by atoms with Gasteiger partial charge in [-0.2, -0.15) is 5.10 Å². The van der Waals surface area contributed by atoms with Gasteiger partial charge >= 0.3 is 0 Å². The molecule has 0 aliphatic heterocycles. The summed E-state index contributed by atoms with van der Waals surface area (Å²) in [4.78, 5) is 25.3. The van der Waals surface area contributed by atoms with E-state index in [0.29, 0.717) is 11.4 Å². The smallest absolute Gasteiger partial charge is 0.296 e. The first-order valence-corrected chi connectivity index (χ1v) is 10.3. The molecule has 28 heavy (non-hydrogen) atoms. The Morgan fingerprint density at radius 3 is 2.32 bits per heavy atom. The van der Waals surface area contributed by atoms with Crippen molar-refractivity contribution in [1.82, 2.24) is 9.78 Å². The molecular formula is C20H19N3O4S. The maximum Gasteiger partial charge on any atom is 0.296 e. The third kappa shape index (κ3) is 3.86. The number of Topliss-reactive ketones (excluding diaryl/α,β-unsaturated/α-hetero) is 1. The average molecular weight is 397 g/mol. The summed E-state index contributed by atoms with van der Waals surface area (Å²) < 4.78 is 24.9. The summed E-state index contributed by atoms with van der Waals surface area (Å²) in [5.41, 5.74) is 2.22. The highest BCUT2D eigenvalue weighted by Gasteiger charge is 2.25. The van der Waals surface area contributed by atoms with Crippen molar-refractivity contribution in [2.24, 2.45) is 0 Å². The Labute approximate surface area is 162 Å². The molecule has 3 rings (SSSR count). The van der Waals surface area contributed by atoms with Gasteiger partial charge in [0.15, 0.2) is 9.84 Å². The molecule has 0 spiro atoms. The van der Waals surface area contributed by atoms with E-state index in [1.807, 2.05) is 30.3 Å². The van der Waals surface area contributed by atoms with Crippen molar-refractivity contribution in [1.29, 1.82) is 0 Å². The van der Waals surface area contributed by atoms with E-state index in [9.17, 15) is 18.0 Å². The van der Waals surface area contributed by atoms with Gasteiger partial charge in [-0.3, -0.25) is 9.59 Å². The number of aryl methyl sites for hydroxylation is 1. The van der Waals surface area contributed by atoms with Crippen LogP contribution in [0.3, 0.4) is 0 Å². The maximum absolute atomic E-state index is 12.7. The Morgan fingerprint density at radius 2 is 1.68 bits per heavy atom. The lowest BCUT2D eigenvalue weighted by atomic mass is 10.1. The van der Waals surface area contributed by atoms with Gasteiger partial charge in [-0.1, -0.05) is 24.3 Å². The number of carbonyl (C=O) groups excluding carboxylic acids is 2. The normalized spacial score (nSPS) is 11.2. The molecule has 0 fully saturated rings. The van der Waals surface area contributed by atoms with Crippen molar-refractivity contribution in [3.63, 3.8) is 0 Å². The Bertz CT molecular complexity index is 1170. The van der Waals surface area contributed by atoms with Crippen molar-refractivity contribution in [2.45, 2.75) is 18.7 Å². The minimum Gasteiger partial charge on any atom is -0.319 e. The highest BCUT2D eigenvalue weighted by molar-refractivity contribution is 7.90. The molecule has 144 valence electrons. The summed E-state index contributed by atoms with van der Waals surface area (Å²) in [5, 5.41) is 6.84. The van der Waals surface area contributed by atoms with Crippen LogP contribution >= 0.6 is 0 Å². The van der Waals surface area contributed by atoms with E-state index in [1.54, 1.807) is 18.5 Å². The van der Waals surface area contributed by atoms with E-state index in [-0.39, 0.29) is 16.1 Å². The van der Waals surface area contributed by atoms with Crippen LogP contribution in [0.1, 0.15) is 21.7 Å². The minimum absolute atomic E-state index is 0.0574. The van der Waals surface area contributed by atoms with E-state index in [1.165, 1.54) is 24.3 Å². The third-order valence-electron chi connectivity index (χ3n) is 4.25. The largest absolute Gasteiger partial charge is 0.319 e. The van der Waals surface area contributed by atoms with Gasteiger partial charge in [-0.05, 0) is 44.2 Å². The van der Waals surface area contributed by atoms with Gasteiger partial charge in [-0.25, -0.2) is 13.1 Å². The van der Waals surface area contributed by atoms with Crippen LogP contribution in [-0.2, 0) is 14.6 Å². The molecule has 0 saturated heterocycles. The second-order valence-electron chi connectivity index (χ2n) is 6.38. The number of hydrogen-bond donors (Lipinski definition) is 1. The Kier molecular flexibility index (Phi) is 5.15. The lowest BCUT2D eigenvalue weighted by molar-refractivity contribution is -0.112. The number of carbonyl (C=O) groups is 2.